The normalized spacial score (nSPS) is 14.0. The summed E-state index contributed by atoms with van der Waals surface area (Å²) < 4.78 is 17.7. The Labute approximate surface area is 106 Å². The minimum absolute atomic E-state index is 0.0636. The first-order valence-electron chi connectivity index (χ1n) is 5.72. The van der Waals surface area contributed by atoms with Crippen LogP contribution in [0.5, 0.6) is 0 Å². The molecular weight excluding hydrogens is 237 g/mol. The highest BCUT2D eigenvalue weighted by atomic mass is 19.1. The summed E-state index contributed by atoms with van der Waals surface area (Å²) in [6.07, 6.45) is 0.490. The lowest BCUT2D eigenvalue weighted by Gasteiger charge is -2.20. The zero-order valence-corrected chi connectivity index (χ0v) is 10.6. The van der Waals surface area contributed by atoms with Crippen LogP contribution in [0.1, 0.15) is 12.5 Å². The molecule has 18 heavy (non-hydrogen) atoms. The monoisotopic (exact) mass is 255 g/mol. The minimum atomic E-state index is -1.57. The summed E-state index contributed by atoms with van der Waals surface area (Å²) in [5, 5.41) is 12.6. The summed E-state index contributed by atoms with van der Waals surface area (Å²) in [4.78, 5) is 11.2. The number of benzene rings is 1. The van der Waals surface area contributed by atoms with Gasteiger partial charge >= 0.3 is 5.97 Å². The molecule has 0 spiro atoms. The second-order valence-electron chi connectivity index (χ2n) is 4.28. The summed E-state index contributed by atoms with van der Waals surface area (Å²) in [7, 11) is 1.22. The van der Waals surface area contributed by atoms with E-state index in [0.29, 0.717) is 18.5 Å². The fourth-order valence-electron chi connectivity index (χ4n) is 1.55. The Morgan fingerprint density at radius 1 is 1.50 bits per heavy atom. The van der Waals surface area contributed by atoms with Gasteiger partial charge in [0.25, 0.3) is 0 Å². The SMILES string of the molecule is COC(=O)C(C)(O)CNCCc1ccccc1F. The van der Waals surface area contributed by atoms with Crippen molar-refractivity contribution >= 4 is 5.97 Å². The zero-order chi connectivity index (χ0) is 13.6. The number of nitrogens with one attached hydrogen (secondary N) is 1. The highest BCUT2D eigenvalue weighted by molar-refractivity contribution is 5.78. The van der Waals surface area contributed by atoms with Gasteiger partial charge in [0, 0.05) is 6.54 Å². The molecule has 4 nitrogen and oxygen atoms in total. The van der Waals surface area contributed by atoms with Gasteiger partial charge < -0.3 is 15.2 Å². The van der Waals surface area contributed by atoms with Crippen LogP contribution < -0.4 is 5.32 Å². The van der Waals surface area contributed by atoms with Crippen molar-refractivity contribution in [3.05, 3.63) is 35.6 Å². The van der Waals surface area contributed by atoms with Crippen LogP contribution in [0.4, 0.5) is 4.39 Å². The van der Waals surface area contributed by atoms with Crippen molar-refractivity contribution in [2.45, 2.75) is 18.9 Å². The van der Waals surface area contributed by atoms with E-state index in [4.69, 9.17) is 0 Å². The molecule has 1 atom stereocenters. The Bertz CT molecular complexity index is 407. The smallest absolute Gasteiger partial charge is 0.338 e. The molecule has 0 aliphatic rings. The molecule has 1 unspecified atom stereocenters. The van der Waals surface area contributed by atoms with E-state index in [1.807, 2.05) is 0 Å². The molecule has 0 radical (unpaired) electrons. The molecule has 5 heteroatoms. The van der Waals surface area contributed by atoms with E-state index in [1.54, 1.807) is 18.2 Å². The number of methoxy groups -OCH3 is 1. The van der Waals surface area contributed by atoms with Gasteiger partial charge in [-0.15, -0.1) is 0 Å². The number of hydrogen-bond donors (Lipinski definition) is 2. The van der Waals surface area contributed by atoms with Crippen LogP contribution in [-0.4, -0.2) is 36.9 Å². The third-order valence-electron chi connectivity index (χ3n) is 2.62. The second kappa shape index (κ2) is 6.47. The maximum Gasteiger partial charge on any atom is 0.338 e. The van der Waals surface area contributed by atoms with E-state index in [1.165, 1.54) is 20.1 Å². The fraction of sp³-hybridized carbons (Fsp3) is 0.462. The second-order valence-corrected chi connectivity index (χ2v) is 4.28. The van der Waals surface area contributed by atoms with Gasteiger partial charge in [0.05, 0.1) is 7.11 Å². The van der Waals surface area contributed by atoms with Crippen molar-refractivity contribution in [3.63, 3.8) is 0 Å². The largest absolute Gasteiger partial charge is 0.467 e. The molecule has 1 aromatic rings. The Balaban J connectivity index is 2.35. The zero-order valence-electron chi connectivity index (χ0n) is 10.6. The quantitative estimate of drug-likeness (QED) is 0.585. The molecule has 0 aromatic heterocycles. The Hall–Kier alpha value is -1.46. The predicted octanol–water partition coefficient (Wildman–Crippen LogP) is 0.882. The Kier molecular flexibility index (Phi) is 5.25. The first-order chi connectivity index (χ1) is 8.47. The van der Waals surface area contributed by atoms with Gasteiger partial charge in [-0.25, -0.2) is 9.18 Å². The van der Waals surface area contributed by atoms with Crippen LogP contribution in [-0.2, 0) is 16.0 Å². The molecule has 0 saturated carbocycles. The van der Waals surface area contributed by atoms with Gasteiger partial charge in [0.2, 0.25) is 0 Å². The number of carbonyl (C=O) groups is 1. The highest BCUT2D eigenvalue weighted by Crippen LogP contribution is 2.07. The Morgan fingerprint density at radius 3 is 2.78 bits per heavy atom. The molecular formula is C13H18FNO3. The summed E-state index contributed by atoms with van der Waals surface area (Å²) in [5.74, 6) is -0.945. The average Bonchev–Trinajstić information content (AvgIpc) is 2.35. The number of hydrogen-bond acceptors (Lipinski definition) is 4. The average molecular weight is 255 g/mol. The van der Waals surface area contributed by atoms with Crippen LogP contribution >= 0.6 is 0 Å². The van der Waals surface area contributed by atoms with Crippen LogP contribution in [0.2, 0.25) is 0 Å². The van der Waals surface area contributed by atoms with Crippen LogP contribution in [0.3, 0.4) is 0 Å². The van der Waals surface area contributed by atoms with E-state index < -0.39 is 11.6 Å². The summed E-state index contributed by atoms with van der Waals surface area (Å²) in [6.45, 7) is 1.90. The molecule has 0 saturated heterocycles. The van der Waals surface area contributed by atoms with Crippen LogP contribution in [0.25, 0.3) is 0 Å². The summed E-state index contributed by atoms with van der Waals surface area (Å²) in [6, 6.07) is 6.51. The van der Waals surface area contributed by atoms with E-state index >= 15 is 0 Å². The van der Waals surface area contributed by atoms with Crippen molar-refractivity contribution in [2.24, 2.45) is 0 Å². The van der Waals surface area contributed by atoms with Crippen molar-refractivity contribution in [3.8, 4) is 0 Å². The van der Waals surface area contributed by atoms with Gasteiger partial charge in [0.1, 0.15) is 5.82 Å². The fourth-order valence-corrected chi connectivity index (χ4v) is 1.55. The van der Waals surface area contributed by atoms with E-state index in [9.17, 15) is 14.3 Å². The number of esters is 1. The van der Waals surface area contributed by atoms with E-state index in [-0.39, 0.29) is 12.4 Å². The van der Waals surface area contributed by atoms with Crippen molar-refractivity contribution in [2.75, 3.05) is 20.2 Å². The lowest BCUT2D eigenvalue weighted by atomic mass is 10.1. The maximum atomic E-state index is 13.3. The lowest BCUT2D eigenvalue weighted by molar-refractivity contribution is -0.159. The molecule has 0 bridgehead atoms. The molecule has 1 aromatic carbocycles. The van der Waals surface area contributed by atoms with Gasteiger partial charge in [-0.2, -0.15) is 0 Å². The topological polar surface area (TPSA) is 58.6 Å². The highest BCUT2D eigenvalue weighted by Gasteiger charge is 2.30. The van der Waals surface area contributed by atoms with Crippen molar-refractivity contribution in [1.82, 2.24) is 5.32 Å². The molecule has 0 fully saturated rings. The first-order valence-corrected chi connectivity index (χ1v) is 5.72. The van der Waals surface area contributed by atoms with Crippen molar-refractivity contribution < 1.29 is 19.0 Å². The van der Waals surface area contributed by atoms with Gasteiger partial charge in [0.15, 0.2) is 5.60 Å². The number of carbonyl (C=O) groups excluding carboxylic acids is 1. The van der Waals surface area contributed by atoms with Gasteiger partial charge in [-0.1, -0.05) is 18.2 Å². The molecule has 0 aliphatic heterocycles. The van der Waals surface area contributed by atoms with Gasteiger partial charge in [-0.05, 0) is 31.5 Å². The van der Waals surface area contributed by atoms with Crippen LogP contribution in [0, 0.1) is 5.82 Å². The van der Waals surface area contributed by atoms with Gasteiger partial charge in [-0.3, -0.25) is 0 Å². The third kappa shape index (κ3) is 4.09. The number of halogens is 1. The summed E-state index contributed by atoms with van der Waals surface area (Å²) in [5.41, 5.74) is -0.966. The lowest BCUT2D eigenvalue weighted by Crippen LogP contribution is -2.46. The standard InChI is InChI=1S/C13H18FNO3/c1-13(17,12(16)18-2)9-15-8-7-10-5-3-4-6-11(10)14/h3-6,15,17H,7-9H2,1-2H3. The number of rotatable bonds is 6. The third-order valence-corrected chi connectivity index (χ3v) is 2.62. The van der Waals surface area contributed by atoms with E-state index in [0.717, 1.165) is 0 Å². The molecule has 0 heterocycles. The Morgan fingerprint density at radius 2 is 2.17 bits per heavy atom. The molecule has 0 amide bonds. The van der Waals surface area contributed by atoms with E-state index in [2.05, 4.69) is 10.1 Å². The molecule has 1 rings (SSSR count). The molecule has 0 aliphatic carbocycles. The molecule has 2 N–H and O–H groups in total. The van der Waals surface area contributed by atoms with Crippen molar-refractivity contribution in [1.29, 1.82) is 0 Å². The number of ether oxygens (including phenoxy) is 1. The maximum absolute atomic E-state index is 13.3. The predicted molar refractivity (Wildman–Crippen MR) is 65.6 cm³/mol. The molecule has 100 valence electrons. The number of aliphatic hydroxyl groups is 1. The first kappa shape index (κ1) is 14.6. The minimum Gasteiger partial charge on any atom is -0.467 e. The van der Waals surface area contributed by atoms with Crippen LogP contribution in [0.15, 0.2) is 24.3 Å². The summed E-state index contributed by atoms with van der Waals surface area (Å²) >= 11 is 0.